The molecule has 0 bridgehead atoms. The summed E-state index contributed by atoms with van der Waals surface area (Å²) in [5, 5.41) is 11.7. The average Bonchev–Trinajstić information content (AvgIpc) is 3.57. The van der Waals surface area contributed by atoms with Crippen molar-refractivity contribution in [2.75, 3.05) is 19.8 Å². The minimum absolute atomic E-state index is 0.114. The SMILES string of the molecule is CC(C)(C)C(=O)OC[C@H]1O[C@@H](Oc2n[nH]c3cccc(CCc4ccc(OCCCN=[N+]=[N-])cc4)c23)[C@H](OC(=O)C(C)(C)C)[C@@H](OC(=O)C(C)(C)C)[C@@H]1OC(=O)C(C)(C)C. The van der Waals surface area contributed by atoms with Gasteiger partial charge in [-0.15, -0.1) is 5.10 Å². The minimum Gasteiger partial charge on any atom is -0.494 e. The van der Waals surface area contributed by atoms with Crippen LogP contribution in [0, 0.1) is 21.7 Å². The second kappa shape index (κ2) is 19.4. The number of aromatic nitrogens is 2. The molecule has 4 rings (SSSR count). The molecule has 2 aromatic carbocycles. The molecule has 1 aliphatic heterocycles. The Bertz CT molecular complexity index is 2010. The van der Waals surface area contributed by atoms with Crippen molar-refractivity contribution in [3.8, 4) is 11.6 Å². The molecule has 1 fully saturated rings. The molecule has 0 unspecified atom stereocenters. The van der Waals surface area contributed by atoms with Gasteiger partial charge in [-0.2, -0.15) is 0 Å². The molecule has 0 saturated carbocycles. The van der Waals surface area contributed by atoms with Crippen LogP contribution < -0.4 is 9.47 Å². The molecule has 60 heavy (non-hydrogen) atoms. The van der Waals surface area contributed by atoms with E-state index in [1.165, 1.54) is 0 Å². The molecule has 3 aromatic rings. The van der Waals surface area contributed by atoms with Crippen LogP contribution in [-0.2, 0) is 55.7 Å². The second-order valence-electron chi connectivity index (χ2n) is 19.0. The summed E-state index contributed by atoms with van der Waals surface area (Å²) in [6, 6.07) is 13.4. The van der Waals surface area contributed by atoms with Gasteiger partial charge in [-0.05, 0) is 137 Å². The maximum Gasteiger partial charge on any atom is 0.311 e. The number of nitrogens with zero attached hydrogens (tertiary/aromatic N) is 4. The summed E-state index contributed by atoms with van der Waals surface area (Å²) in [7, 11) is 0. The fraction of sp³-hybridized carbons (Fsp3) is 0.614. The molecule has 1 N–H and O–H groups in total. The zero-order chi connectivity index (χ0) is 44.6. The van der Waals surface area contributed by atoms with E-state index in [2.05, 4.69) is 20.2 Å². The second-order valence-corrected chi connectivity index (χ2v) is 19.0. The number of hydrogen-bond donors (Lipinski definition) is 1. The van der Waals surface area contributed by atoms with E-state index in [4.69, 9.17) is 38.7 Å². The molecule has 0 radical (unpaired) electrons. The van der Waals surface area contributed by atoms with Crippen LogP contribution in [0.4, 0.5) is 0 Å². The van der Waals surface area contributed by atoms with Crippen LogP contribution in [0.15, 0.2) is 47.6 Å². The quantitative estimate of drug-likeness (QED) is 0.0386. The molecule has 0 spiro atoms. The topological polar surface area (TPSA) is 210 Å². The number of carbonyl (C=O) groups is 4. The van der Waals surface area contributed by atoms with Crippen LogP contribution in [0.3, 0.4) is 0 Å². The van der Waals surface area contributed by atoms with E-state index >= 15 is 0 Å². The number of H-pyrrole nitrogens is 1. The Balaban J connectivity index is 1.75. The Hall–Kier alpha value is -5.34. The molecule has 2 heterocycles. The van der Waals surface area contributed by atoms with Gasteiger partial charge in [0.1, 0.15) is 18.5 Å². The predicted octanol–water partition coefficient (Wildman–Crippen LogP) is 7.99. The average molecular weight is 836 g/mol. The maximum absolute atomic E-state index is 13.7. The van der Waals surface area contributed by atoms with Crippen molar-refractivity contribution in [3.05, 3.63) is 64.0 Å². The van der Waals surface area contributed by atoms with E-state index < -0.39 is 82.8 Å². The first-order valence-electron chi connectivity index (χ1n) is 20.2. The first-order valence-corrected chi connectivity index (χ1v) is 20.2. The number of esters is 4. The zero-order valence-corrected chi connectivity index (χ0v) is 37.0. The highest BCUT2D eigenvalue weighted by Gasteiger charge is 2.56. The van der Waals surface area contributed by atoms with Crippen molar-refractivity contribution >= 4 is 34.8 Å². The van der Waals surface area contributed by atoms with Gasteiger partial charge in [0.2, 0.25) is 18.3 Å². The van der Waals surface area contributed by atoms with Crippen LogP contribution in [0.1, 0.15) is 101 Å². The van der Waals surface area contributed by atoms with Crippen LogP contribution in [0.5, 0.6) is 11.6 Å². The molecule has 1 aliphatic rings. The van der Waals surface area contributed by atoms with Crippen LogP contribution >= 0.6 is 0 Å². The first kappa shape index (κ1) is 47.3. The lowest BCUT2D eigenvalue weighted by atomic mass is 9.93. The first-order chi connectivity index (χ1) is 27.9. The summed E-state index contributed by atoms with van der Waals surface area (Å²) in [6.07, 6.45) is -5.30. The Morgan fingerprint density at radius 1 is 0.750 bits per heavy atom. The molecular formula is C44H61N5O11. The number of carbonyl (C=O) groups excluding carboxylic acids is 4. The fourth-order valence-corrected chi connectivity index (χ4v) is 5.70. The summed E-state index contributed by atoms with van der Waals surface area (Å²) >= 11 is 0. The third-order valence-corrected chi connectivity index (χ3v) is 9.36. The normalized spacial score (nSPS) is 19.8. The standard InChI is InChI=1S/C44H61N5O11/c1-41(2,3)37(50)55-25-30-32(57-38(51)42(4,5)6)33(58-39(52)43(7,8)9)34(59-40(53)44(10,11)12)36(56-30)60-35-31-27(15-13-16-29(31)47-48-35)20-17-26-18-21-28(22-19-26)54-24-14-23-46-49-45/h13,15-16,18-19,21-22,30,32-34,36H,14,17,20,23-25H2,1-12H3,(H,47,48)/t30-,32-,33+,34-,36+/m1/s1. The summed E-state index contributed by atoms with van der Waals surface area (Å²) in [5.41, 5.74) is 7.10. The number of azide groups is 1. The van der Waals surface area contributed by atoms with E-state index in [1.807, 2.05) is 42.5 Å². The van der Waals surface area contributed by atoms with Crippen LogP contribution in [-0.4, -0.2) is 84.5 Å². The number of rotatable bonds is 15. The lowest BCUT2D eigenvalue weighted by Crippen LogP contribution is -2.65. The van der Waals surface area contributed by atoms with Crippen LogP contribution in [0.2, 0.25) is 0 Å². The van der Waals surface area contributed by atoms with E-state index in [0.29, 0.717) is 49.1 Å². The van der Waals surface area contributed by atoms with Crippen molar-refractivity contribution < 1.29 is 52.3 Å². The summed E-state index contributed by atoms with van der Waals surface area (Å²) in [4.78, 5) is 56.8. The van der Waals surface area contributed by atoms with Crippen LogP contribution in [0.25, 0.3) is 21.3 Å². The van der Waals surface area contributed by atoms with Gasteiger partial charge in [-0.25, -0.2) is 0 Å². The summed E-state index contributed by atoms with van der Waals surface area (Å²) in [5.74, 6) is -1.74. The molecule has 1 saturated heterocycles. The van der Waals surface area contributed by atoms with E-state index in [-0.39, 0.29) is 5.88 Å². The largest absolute Gasteiger partial charge is 0.494 e. The highest BCUT2D eigenvalue weighted by molar-refractivity contribution is 5.87. The summed E-state index contributed by atoms with van der Waals surface area (Å²) in [6.45, 7) is 20.4. The Morgan fingerprint density at radius 3 is 1.88 bits per heavy atom. The number of benzene rings is 2. The Morgan fingerprint density at radius 2 is 1.32 bits per heavy atom. The smallest absolute Gasteiger partial charge is 0.311 e. The summed E-state index contributed by atoms with van der Waals surface area (Å²) < 4.78 is 42.9. The molecule has 16 heteroatoms. The van der Waals surface area contributed by atoms with Gasteiger partial charge in [0, 0.05) is 11.5 Å². The van der Waals surface area contributed by atoms with E-state index in [9.17, 15) is 19.2 Å². The number of nitrogens with one attached hydrogen (secondary N) is 1. The molecule has 0 amide bonds. The third-order valence-electron chi connectivity index (χ3n) is 9.36. The van der Waals surface area contributed by atoms with Gasteiger partial charge in [-0.1, -0.05) is 29.4 Å². The van der Waals surface area contributed by atoms with Gasteiger partial charge in [-0.3, -0.25) is 24.3 Å². The monoisotopic (exact) mass is 835 g/mol. The van der Waals surface area contributed by atoms with Crippen molar-refractivity contribution in [1.82, 2.24) is 10.2 Å². The van der Waals surface area contributed by atoms with Crippen molar-refractivity contribution in [2.45, 2.75) is 133 Å². The van der Waals surface area contributed by atoms with Gasteiger partial charge >= 0.3 is 23.9 Å². The molecule has 0 aliphatic carbocycles. The molecular weight excluding hydrogens is 775 g/mol. The van der Waals surface area contributed by atoms with Gasteiger partial charge in [0.05, 0.1) is 39.2 Å². The number of aromatic amines is 1. The van der Waals surface area contributed by atoms with Gasteiger partial charge in [0.25, 0.3) is 0 Å². The highest BCUT2D eigenvalue weighted by atomic mass is 16.7. The minimum atomic E-state index is -1.50. The van der Waals surface area contributed by atoms with Crippen molar-refractivity contribution in [3.63, 3.8) is 0 Å². The maximum atomic E-state index is 13.7. The number of fused-ring (bicyclic) bond motifs is 1. The van der Waals surface area contributed by atoms with Crippen molar-refractivity contribution in [2.24, 2.45) is 26.8 Å². The molecule has 328 valence electrons. The lowest BCUT2D eigenvalue weighted by molar-refractivity contribution is -0.294. The number of ether oxygens (including phenoxy) is 7. The molecule has 5 atom stereocenters. The third kappa shape index (κ3) is 12.8. The Kier molecular flexibility index (Phi) is 15.3. The fourth-order valence-electron chi connectivity index (χ4n) is 5.70. The van der Waals surface area contributed by atoms with Crippen molar-refractivity contribution in [1.29, 1.82) is 0 Å². The molecule has 16 nitrogen and oxygen atoms in total. The molecule has 1 aromatic heterocycles. The van der Waals surface area contributed by atoms with Gasteiger partial charge in [0.15, 0.2) is 12.2 Å². The number of hydrogen-bond acceptors (Lipinski definition) is 13. The zero-order valence-electron chi connectivity index (χ0n) is 37.0. The highest BCUT2D eigenvalue weighted by Crippen LogP contribution is 2.37. The number of aryl methyl sites for hydroxylation is 2. The van der Waals surface area contributed by atoms with E-state index in [1.54, 1.807) is 83.1 Å². The predicted molar refractivity (Wildman–Crippen MR) is 222 cm³/mol. The van der Waals surface area contributed by atoms with Gasteiger partial charge < -0.3 is 33.2 Å². The Labute approximate surface area is 351 Å². The van der Waals surface area contributed by atoms with E-state index in [0.717, 1.165) is 11.1 Å². The lowest BCUT2D eigenvalue weighted by Gasteiger charge is -2.45.